The Balaban J connectivity index is 1.79. The fourth-order valence-corrected chi connectivity index (χ4v) is 3.33. The van der Waals surface area contributed by atoms with Crippen molar-refractivity contribution in [2.75, 3.05) is 13.3 Å². The maximum atomic E-state index is 13.1. The molecule has 0 aliphatic carbocycles. The molecule has 2 aromatic carbocycles. The van der Waals surface area contributed by atoms with Crippen molar-refractivity contribution >= 4 is 9.84 Å². The maximum absolute atomic E-state index is 13.1. The Kier molecular flexibility index (Phi) is 5.33. The van der Waals surface area contributed by atoms with Gasteiger partial charge in [0.25, 0.3) is 0 Å². The number of nitrogens with zero attached hydrogens (tertiary/aromatic N) is 5. The SMILES string of the molecule is CC(c1ccc(F)cc1)N(C)Cc1nnnn1-c1ccc(S(C)(=O)=O)cc1. The zero-order valence-electron chi connectivity index (χ0n) is 15.2. The molecule has 7 nitrogen and oxygen atoms in total. The van der Waals surface area contributed by atoms with E-state index in [1.807, 2.05) is 18.9 Å². The van der Waals surface area contributed by atoms with E-state index >= 15 is 0 Å². The van der Waals surface area contributed by atoms with Crippen LogP contribution in [0.3, 0.4) is 0 Å². The van der Waals surface area contributed by atoms with Crippen LogP contribution in [0.5, 0.6) is 0 Å². The van der Waals surface area contributed by atoms with Gasteiger partial charge < -0.3 is 0 Å². The van der Waals surface area contributed by atoms with Gasteiger partial charge in [0.15, 0.2) is 15.7 Å². The summed E-state index contributed by atoms with van der Waals surface area (Å²) in [5.41, 5.74) is 1.65. The molecule has 1 atom stereocenters. The molecule has 0 amide bonds. The number of sulfone groups is 1. The lowest BCUT2D eigenvalue weighted by Crippen LogP contribution is -2.24. The van der Waals surface area contributed by atoms with Gasteiger partial charge >= 0.3 is 0 Å². The van der Waals surface area contributed by atoms with E-state index in [9.17, 15) is 12.8 Å². The second-order valence-electron chi connectivity index (χ2n) is 6.42. The standard InChI is InChI=1S/C18H20FN5O2S/c1-13(14-4-6-15(19)7-5-14)23(2)12-18-20-21-22-24(18)16-8-10-17(11-9-16)27(3,25)26/h4-11,13H,12H2,1-3H3. The summed E-state index contributed by atoms with van der Waals surface area (Å²) in [4.78, 5) is 2.28. The number of rotatable bonds is 6. The molecule has 27 heavy (non-hydrogen) atoms. The molecule has 1 unspecified atom stereocenters. The molecule has 142 valence electrons. The minimum atomic E-state index is -3.26. The first kappa shape index (κ1) is 19.1. The Bertz CT molecular complexity index is 1020. The highest BCUT2D eigenvalue weighted by atomic mass is 32.2. The molecule has 0 spiro atoms. The van der Waals surface area contributed by atoms with Crippen LogP contribution in [-0.4, -0.2) is 46.8 Å². The lowest BCUT2D eigenvalue weighted by molar-refractivity contribution is 0.244. The topological polar surface area (TPSA) is 81.0 Å². The van der Waals surface area contributed by atoms with Gasteiger partial charge in [-0.25, -0.2) is 12.8 Å². The van der Waals surface area contributed by atoms with E-state index < -0.39 is 9.84 Å². The van der Waals surface area contributed by atoms with Crippen LogP contribution >= 0.6 is 0 Å². The van der Waals surface area contributed by atoms with Crippen molar-refractivity contribution in [2.24, 2.45) is 0 Å². The number of aromatic nitrogens is 4. The highest BCUT2D eigenvalue weighted by Crippen LogP contribution is 2.21. The second kappa shape index (κ2) is 7.53. The van der Waals surface area contributed by atoms with Crippen LogP contribution < -0.4 is 0 Å². The first-order chi connectivity index (χ1) is 12.8. The summed E-state index contributed by atoms with van der Waals surface area (Å²) in [6.07, 6.45) is 1.16. The minimum absolute atomic E-state index is 0.0309. The molecular formula is C18H20FN5O2S. The van der Waals surface area contributed by atoms with Crippen LogP contribution in [0.25, 0.3) is 5.69 Å². The fraction of sp³-hybridized carbons (Fsp3) is 0.278. The smallest absolute Gasteiger partial charge is 0.175 e. The first-order valence-electron chi connectivity index (χ1n) is 8.29. The fourth-order valence-electron chi connectivity index (χ4n) is 2.70. The highest BCUT2D eigenvalue weighted by Gasteiger charge is 2.17. The van der Waals surface area contributed by atoms with Crippen molar-refractivity contribution in [1.29, 1.82) is 0 Å². The van der Waals surface area contributed by atoms with Crippen molar-refractivity contribution < 1.29 is 12.8 Å². The van der Waals surface area contributed by atoms with E-state index in [-0.39, 0.29) is 16.8 Å². The molecule has 1 heterocycles. The maximum Gasteiger partial charge on any atom is 0.175 e. The van der Waals surface area contributed by atoms with Gasteiger partial charge in [0.1, 0.15) is 5.82 Å². The second-order valence-corrected chi connectivity index (χ2v) is 8.43. The molecular weight excluding hydrogens is 369 g/mol. The first-order valence-corrected chi connectivity index (χ1v) is 10.2. The van der Waals surface area contributed by atoms with Gasteiger partial charge in [-0.3, -0.25) is 4.90 Å². The predicted molar refractivity (Wildman–Crippen MR) is 98.5 cm³/mol. The van der Waals surface area contributed by atoms with Crippen molar-refractivity contribution in [1.82, 2.24) is 25.1 Å². The van der Waals surface area contributed by atoms with Gasteiger partial charge in [-0.2, -0.15) is 4.68 Å². The third-order valence-corrected chi connectivity index (χ3v) is 5.58. The Morgan fingerprint density at radius 2 is 1.74 bits per heavy atom. The van der Waals surface area contributed by atoms with E-state index in [4.69, 9.17) is 0 Å². The van der Waals surface area contributed by atoms with Gasteiger partial charge in [-0.1, -0.05) is 12.1 Å². The average molecular weight is 389 g/mol. The molecule has 0 aliphatic heterocycles. The third kappa shape index (κ3) is 4.37. The van der Waals surface area contributed by atoms with E-state index in [2.05, 4.69) is 15.5 Å². The van der Waals surface area contributed by atoms with Crippen molar-refractivity contribution in [3.05, 3.63) is 65.7 Å². The lowest BCUT2D eigenvalue weighted by atomic mass is 10.1. The van der Waals surface area contributed by atoms with Gasteiger partial charge in [-0.15, -0.1) is 5.10 Å². The molecule has 0 aliphatic rings. The third-order valence-electron chi connectivity index (χ3n) is 4.45. The Morgan fingerprint density at radius 3 is 2.33 bits per heavy atom. The molecule has 0 saturated carbocycles. The van der Waals surface area contributed by atoms with Gasteiger partial charge in [0, 0.05) is 12.3 Å². The summed E-state index contributed by atoms with van der Waals surface area (Å²) >= 11 is 0. The monoisotopic (exact) mass is 389 g/mol. The van der Waals surface area contributed by atoms with Crippen molar-refractivity contribution in [3.63, 3.8) is 0 Å². The molecule has 0 saturated heterocycles. The van der Waals surface area contributed by atoms with Gasteiger partial charge in [-0.05, 0) is 66.4 Å². The summed E-state index contributed by atoms with van der Waals surface area (Å²) in [5.74, 6) is 0.341. The van der Waals surface area contributed by atoms with E-state index in [1.54, 1.807) is 28.9 Å². The van der Waals surface area contributed by atoms with Crippen LogP contribution in [0, 0.1) is 5.82 Å². The highest BCUT2D eigenvalue weighted by molar-refractivity contribution is 7.90. The lowest BCUT2D eigenvalue weighted by Gasteiger charge is -2.24. The molecule has 9 heteroatoms. The molecule has 3 aromatic rings. The summed E-state index contributed by atoms with van der Waals surface area (Å²) in [6.45, 7) is 2.47. The summed E-state index contributed by atoms with van der Waals surface area (Å²) in [6, 6.07) is 12.8. The van der Waals surface area contributed by atoms with Crippen LogP contribution in [0.2, 0.25) is 0 Å². The Morgan fingerprint density at radius 1 is 1.11 bits per heavy atom. The quantitative estimate of drug-likeness (QED) is 0.644. The van der Waals surface area contributed by atoms with Crippen LogP contribution in [-0.2, 0) is 16.4 Å². The summed E-state index contributed by atoms with van der Waals surface area (Å²) < 4.78 is 37.9. The molecule has 0 bridgehead atoms. The Labute approximate surface area is 157 Å². The Hall–Kier alpha value is -2.65. The minimum Gasteiger partial charge on any atom is -0.292 e. The summed E-state index contributed by atoms with van der Waals surface area (Å²) in [5, 5.41) is 11.8. The van der Waals surface area contributed by atoms with E-state index in [0.717, 1.165) is 11.8 Å². The number of tetrazole rings is 1. The van der Waals surface area contributed by atoms with Gasteiger partial charge in [0.05, 0.1) is 17.1 Å². The van der Waals surface area contributed by atoms with Crippen molar-refractivity contribution in [2.45, 2.75) is 24.4 Å². The van der Waals surface area contributed by atoms with Crippen LogP contribution in [0.1, 0.15) is 24.4 Å². The predicted octanol–water partition coefficient (Wildman–Crippen LogP) is 2.40. The zero-order chi connectivity index (χ0) is 19.6. The van der Waals surface area contributed by atoms with Crippen molar-refractivity contribution in [3.8, 4) is 5.69 Å². The molecule has 3 rings (SSSR count). The molecule has 0 fully saturated rings. The van der Waals surface area contributed by atoms with E-state index in [1.165, 1.54) is 24.3 Å². The average Bonchev–Trinajstić information content (AvgIpc) is 3.09. The van der Waals surface area contributed by atoms with E-state index in [0.29, 0.717) is 18.1 Å². The largest absolute Gasteiger partial charge is 0.292 e. The normalized spacial score (nSPS) is 13.1. The number of benzene rings is 2. The number of halogens is 1. The summed E-state index contributed by atoms with van der Waals surface area (Å²) in [7, 11) is -1.33. The molecule has 1 aromatic heterocycles. The number of hydrogen-bond donors (Lipinski definition) is 0. The molecule has 0 N–H and O–H groups in total. The number of hydrogen-bond acceptors (Lipinski definition) is 6. The van der Waals surface area contributed by atoms with Gasteiger partial charge in [0.2, 0.25) is 0 Å². The van der Waals surface area contributed by atoms with Crippen LogP contribution in [0.15, 0.2) is 53.4 Å². The molecule has 0 radical (unpaired) electrons. The van der Waals surface area contributed by atoms with Crippen LogP contribution in [0.4, 0.5) is 4.39 Å². The zero-order valence-corrected chi connectivity index (χ0v) is 16.1.